The number of hydrogen-bond donors (Lipinski definition) is 1. The molecule has 1 atom stereocenters. The maximum atomic E-state index is 12.3. The van der Waals surface area contributed by atoms with Crippen molar-refractivity contribution in [3.63, 3.8) is 0 Å². The Morgan fingerprint density at radius 1 is 1.24 bits per heavy atom. The fourth-order valence-electron chi connectivity index (χ4n) is 3.17. The summed E-state index contributed by atoms with van der Waals surface area (Å²) in [5.41, 5.74) is 1.06. The van der Waals surface area contributed by atoms with Crippen LogP contribution in [0.1, 0.15) is 63.5 Å². The molecule has 0 bridgehead atoms. The van der Waals surface area contributed by atoms with Gasteiger partial charge in [-0.3, -0.25) is 4.79 Å². The number of carbonyl (C=O) groups excluding carboxylic acids is 1. The summed E-state index contributed by atoms with van der Waals surface area (Å²) in [7, 11) is 1.88. The number of hydrogen-bond acceptors (Lipinski definition) is 2. The number of amides is 1. The highest BCUT2D eigenvalue weighted by atomic mass is 16.3. The van der Waals surface area contributed by atoms with E-state index in [1.54, 1.807) is 12.1 Å². The molecule has 1 saturated carbocycles. The van der Waals surface area contributed by atoms with Crippen molar-refractivity contribution >= 4 is 5.91 Å². The topological polar surface area (TPSA) is 40.5 Å². The van der Waals surface area contributed by atoms with Crippen LogP contribution in [-0.4, -0.2) is 23.0 Å². The summed E-state index contributed by atoms with van der Waals surface area (Å²) in [5, 5.41) is 9.33. The molecule has 1 aromatic rings. The average molecular weight is 289 g/mol. The lowest BCUT2D eigenvalue weighted by Gasteiger charge is -2.27. The smallest absolute Gasteiger partial charge is 0.222 e. The number of phenols is 1. The van der Waals surface area contributed by atoms with Crippen LogP contribution in [0, 0.1) is 5.92 Å². The molecule has 0 aliphatic heterocycles. The van der Waals surface area contributed by atoms with E-state index in [2.05, 4.69) is 0 Å². The minimum absolute atomic E-state index is 0.0458. The number of aromatic hydroxyl groups is 1. The van der Waals surface area contributed by atoms with E-state index in [1.807, 2.05) is 31.0 Å². The zero-order chi connectivity index (χ0) is 15.2. The van der Waals surface area contributed by atoms with Crippen molar-refractivity contribution in [2.75, 3.05) is 7.05 Å². The van der Waals surface area contributed by atoms with Crippen molar-refractivity contribution in [3.05, 3.63) is 29.8 Å². The van der Waals surface area contributed by atoms with Gasteiger partial charge in [0.05, 0.1) is 6.04 Å². The van der Waals surface area contributed by atoms with Gasteiger partial charge in [-0.25, -0.2) is 0 Å². The molecule has 0 spiro atoms. The Morgan fingerprint density at radius 3 is 2.48 bits per heavy atom. The monoisotopic (exact) mass is 289 g/mol. The molecule has 1 N–H and O–H groups in total. The van der Waals surface area contributed by atoms with Crippen molar-refractivity contribution in [1.82, 2.24) is 4.90 Å². The SMILES string of the molecule is CC(c1ccc(O)cc1)N(C)C(=O)CCC1CCCCC1. The molecular formula is C18H27NO2. The summed E-state index contributed by atoms with van der Waals surface area (Å²) in [6.07, 6.45) is 8.31. The second-order valence-electron chi connectivity index (χ2n) is 6.31. The molecule has 0 aromatic heterocycles. The number of carbonyl (C=O) groups is 1. The third-order valence-electron chi connectivity index (χ3n) is 4.84. The molecule has 2 rings (SSSR count). The summed E-state index contributed by atoms with van der Waals surface area (Å²) < 4.78 is 0. The Bertz CT molecular complexity index is 449. The van der Waals surface area contributed by atoms with Crippen LogP contribution in [0.2, 0.25) is 0 Å². The van der Waals surface area contributed by atoms with Gasteiger partial charge in [0.2, 0.25) is 5.91 Å². The van der Waals surface area contributed by atoms with E-state index in [0.717, 1.165) is 17.9 Å². The van der Waals surface area contributed by atoms with Crippen LogP contribution in [0.5, 0.6) is 5.75 Å². The maximum absolute atomic E-state index is 12.3. The van der Waals surface area contributed by atoms with Crippen LogP contribution in [0.25, 0.3) is 0 Å². The molecule has 3 nitrogen and oxygen atoms in total. The first kappa shape index (κ1) is 15.9. The van der Waals surface area contributed by atoms with E-state index >= 15 is 0 Å². The number of rotatable bonds is 5. The summed E-state index contributed by atoms with van der Waals surface area (Å²) in [5.74, 6) is 1.23. The predicted octanol–water partition coefficient (Wildman–Crippen LogP) is 4.27. The fourth-order valence-corrected chi connectivity index (χ4v) is 3.17. The summed E-state index contributed by atoms with van der Waals surface area (Å²) >= 11 is 0. The van der Waals surface area contributed by atoms with Crippen molar-refractivity contribution in [2.45, 2.75) is 57.9 Å². The Kier molecular flexibility index (Phi) is 5.66. The van der Waals surface area contributed by atoms with E-state index in [-0.39, 0.29) is 17.7 Å². The largest absolute Gasteiger partial charge is 0.508 e. The molecule has 3 heteroatoms. The van der Waals surface area contributed by atoms with Crippen LogP contribution >= 0.6 is 0 Å². The Labute approximate surface area is 128 Å². The van der Waals surface area contributed by atoms with Gasteiger partial charge in [0, 0.05) is 13.5 Å². The van der Waals surface area contributed by atoms with Crippen molar-refractivity contribution in [2.24, 2.45) is 5.92 Å². The second kappa shape index (κ2) is 7.48. The number of benzene rings is 1. The van der Waals surface area contributed by atoms with E-state index in [1.165, 1.54) is 32.1 Å². The van der Waals surface area contributed by atoms with E-state index in [4.69, 9.17) is 0 Å². The first-order valence-electron chi connectivity index (χ1n) is 8.12. The third kappa shape index (κ3) is 4.48. The third-order valence-corrected chi connectivity index (χ3v) is 4.84. The molecule has 1 unspecified atom stereocenters. The van der Waals surface area contributed by atoms with Crippen LogP contribution in [-0.2, 0) is 4.79 Å². The minimum atomic E-state index is 0.0458. The molecule has 0 saturated heterocycles. The molecular weight excluding hydrogens is 262 g/mol. The lowest BCUT2D eigenvalue weighted by atomic mass is 9.86. The van der Waals surface area contributed by atoms with Gasteiger partial charge in [-0.1, -0.05) is 44.2 Å². The standard InChI is InChI=1S/C18H27NO2/c1-14(16-9-11-17(20)12-10-16)19(2)18(21)13-8-15-6-4-3-5-7-15/h9-12,14-15,20H,3-8,13H2,1-2H3. The summed E-state index contributed by atoms with van der Waals surface area (Å²) in [6, 6.07) is 7.15. The first-order chi connectivity index (χ1) is 10.1. The van der Waals surface area contributed by atoms with E-state index < -0.39 is 0 Å². The number of nitrogens with zero attached hydrogens (tertiary/aromatic N) is 1. The molecule has 21 heavy (non-hydrogen) atoms. The summed E-state index contributed by atoms with van der Waals surface area (Å²) in [4.78, 5) is 14.2. The average Bonchev–Trinajstić information content (AvgIpc) is 2.53. The van der Waals surface area contributed by atoms with Crippen LogP contribution in [0.4, 0.5) is 0 Å². The molecule has 116 valence electrons. The van der Waals surface area contributed by atoms with E-state index in [0.29, 0.717) is 6.42 Å². The molecule has 1 aliphatic rings. The molecule has 0 heterocycles. The lowest BCUT2D eigenvalue weighted by Crippen LogP contribution is -2.30. The van der Waals surface area contributed by atoms with Gasteiger partial charge in [-0.15, -0.1) is 0 Å². The molecule has 1 aromatic carbocycles. The number of phenolic OH excluding ortho intramolecular Hbond substituents is 1. The zero-order valence-electron chi connectivity index (χ0n) is 13.2. The van der Waals surface area contributed by atoms with Gasteiger partial charge >= 0.3 is 0 Å². The predicted molar refractivity (Wildman–Crippen MR) is 85.1 cm³/mol. The summed E-state index contributed by atoms with van der Waals surface area (Å²) in [6.45, 7) is 2.03. The van der Waals surface area contributed by atoms with Gasteiger partial charge in [0.25, 0.3) is 0 Å². The zero-order valence-corrected chi connectivity index (χ0v) is 13.2. The molecule has 1 fully saturated rings. The molecule has 1 aliphatic carbocycles. The van der Waals surface area contributed by atoms with Crippen LogP contribution in [0.15, 0.2) is 24.3 Å². The first-order valence-corrected chi connectivity index (χ1v) is 8.12. The lowest BCUT2D eigenvalue weighted by molar-refractivity contribution is -0.132. The Morgan fingerprint density at radius 2 is 1.86 bits per heavy atom. The van der Waals surface area contributed by atoms with Crippen molar-refractivity contribution in [3.8, 4) is 5.75 Å². The minimum Gasteiger partial charge on any atom is -0.508 e. The van der Waals surface area contributed by atoms with Crippen LogP contribution in [0.3, 0.4) is 0 Å². The highest BCUT2D eigenvalue weighted by Crippen LogP contribution is 2.28. The van der Waals surface area contributed by atoms with Gasteiger partial charge in [0.1, 0.15) is 5.75 Å². The second-order valence-corrected chi connectivity index (χ2v) is 6.31. The van der Waals surface area contributed by atoms with Crippen molar-refractivity contribution in [1.29, 1.82) is 0 Å². The fraction of sp³-hybridized carbons (Fsp3) is 0.611. The Balaban J connectivity index is 1.84. The highest BCUT2D eigenvalue weighted by Gasteiger charge is 2.20. The van der Waals surface area contributed by atoms with Gasteiger partial charge in [-0.05, 0) is 37.0 Å². The van der Waals surface area contributed by atoms with Gasteiger partial charge < -0.3 is 10.0 Å². The van der Waals surface area contributed by atoms with Gasteiger partial charge in [-0.2, -0.15) is 0 Å². The van der Waals surface area contributed by atoms with Gasteiger partial charge in [0.15, 0.2) is 0 Å². The van der Waals surface area contributed by atoms with Crippen LogP contribution < -0.4 is 0 Å². The normalized spacial score (nSPS) is 17.4. The molecule has 1 amide bonds. The Hall–Kier alpha value is -1.51. The molecule has 0 radical (unpaired) electrons. The van der Waals surface area contributed by atoms with E-state index in [9.17, 15) is 9.90 Å². The van der Waals surface area contributed by atoms with Crippen molar-refractivity contribution < 1.29 is 9.90 Å². The highest BCUT2D eigenvalue weighted by molar-refractivity contribution is 5.76. The maximum Gasteiger partial charge on any atom is 0.222 e. The quantitative estimate of drug-likeness (QED) is 0.879.